The van der Waals surface area contributed by atoms with Gasteiger partial charge in [-0.15, -0.1) is 0 Å². The number of carbonyl (C=O) groups is 2. The number of amides is 1. The van der Waals surface area contributed by atoms with Crippen LogP contribution in [0.1, 0.15) is 12.8 Å². The zero-order chi connectivity index (χ0) is 20.6. The summed E-state index contributed by atoms with van der Waals surface area (Å²) in [6.45, 7) is 1.10. The van der Waals surface area contributed by atoms with Crippen molar-refractivity contribution in [3.05, 3.63) is 24.3 Å². The number of piperazine rings is 1. The predicted molar refractivity (Wildman–Crippen MR) is 102 cm³/mol. The second kappa shape index (κ2) is 10.3. The molecule has 0 unspecified atom stereocenters. The van der Waals surface area contributed by atoms with E-state index in [-0.39, 0.29) is 32.0 Å². The number of hydrogen-bond donors (Lipinski definition) is 0. The largest absolute Gasteiger partial charge is 0.497 e. The molecule has 156 valence electrons. The van der Waals surface area contributed by atoms with Gasteiger partial charge in [0.2, 0.25) is 10.0 Å². The van der Waals surface area contributed by atoms with E-state index < -0.39 is 16.0 Å². The van der Waals surface area contributed by atoms with E-state index in [1.165, 1.54) is 9.21 Å². The Kier molecular flexibility index (Phi) is 8.06. The molecule has 1 aliphatic heterocycles. The summed E-state index contributed by atoms with van der Waals surface area (Å²) >= 11 is 0. The second-order valence-corrected chi connectivity index (χ2v) is 8.31. The van der Waals surface area contributed by atoms with E-state index in [0.717, 1.165) is 12.0 Å². The van der Waals surface area contributed by atoms with Gasteiger partial charge in [-0.3, -0.25) is 9.59 Å². The van der Waals surface area contributed by atoms with Gasteiger partial charge in [0, 0.05) is 32.6 Å². The Balaban J connectivity index is 1.59. The number of methoxy groups -OCH3 is 1. The molecule has 0 radical (unpaired) electrons. The van der Waals surface area contributed by atoms with Crippen LogP contribution in [0.5, 0.6) is 11.5 Å². The molecule has 0 atom stereocenters. The number of rotatable bonds is 9. The molecule has 0 saturated carbocycles. The van der Waals surface area contributed by atoms with E-state index in [0.29, 0.717) is 31.9 Å². The molecule has 0 aliphatic carbocycles. The van der Waals surface area contributed by atoms with Crippen LogP contribution >= 0.6 is 0 Å². The number of benzene rings is 1. The maximum absolute atomic E-state index is 12.1. The molecule has 9 nitrogen and oxygen atoms in total. The Bertz CT molecular complexity index is 757. The van der Waals surface area contributed by atoms with E-state index in [9.17, 15) is 18.0 Å². The molecular formula is C18H26N2O7S. The van der Waals surface area contributed by atoms with E-state index in [1.807, 2.05) is 0 Å². The smallest absolute Gasteiger partial charge is 0.306 e. The number of nitrogens with zero attached hydrogens (tertiary/aromatic N) is 2. The summed E-state index contributed by atoms with van der Waals surface area (Å²) in [7, 11) is -1.66. The first-order chi connectivity index (χ1) is 13.3. The fraction of sp³-hybridized carbons (Fsp3) is 0.556. The van der Waals surface area contributed by atoms with Gasteiger partial charge in [0.1, 0.15) is 11.5 Å². The maximum Gasteiger partial charge on any atom is 0.306 e. The standard InChI is InChI=1S/C18H26N2O7S/c1-25-15-5-7-16(8-6-15)26-13-3-4-18(22)27-14-17(21)19-9-11-20(12-10-19)28(2,23)24/h5-8H,3-4,9-14H2,1-2H3. The van der Waals surface area contributed by atoms with Crippen LogP contribution < -0.4 is 9.47 Å². The van der Waals surface area contributed by atoms with Crippen LogP contribution in [0, 0.1) is 0 Å². The molecule has 0 spiro atoms. The molecule has 1 aliphatic rings. The summed E-state index contributed by atoms with van der Waals surface area (Å²) in [6.07, 6.45) is 1.75. The van der Waals surface area contributed by atoms with Gasteiger partial charge >= 0.3 is 5.97 Å². The monoisotopic (exact) mass is 414 g/mol. The van der Waals surface area contributed by atoms with Crippen molar-refractivity contribution in [2.75, 3.05) is 52.8 Å². The lowest BCUT2D eigenvalue weighted by Gasteiger charge is -2.33. The van der Waals surface area contributed by atoms with Gasteiger partial charge in [0.25, 0.3) is 5.91 Å². The summed E-state index contributed by atoms with van der Waals surface area (Å²) in [6, 6.07) is 7.12. The lowest BCUT2D eigenvalue weighted by molar-refractivity contribution is -0.152. The summed E-state index contributed by atoms with van der Waals surface area (Å²) in [5.74, 6) is 0.619. The van der Waals surface area contributed by atoms with Crippen LogP contribution in [0.3, 0.4) is 0 Å². The molecule has 1 amide bonds. The SMILES string of the molecule is COc1ccc(OCCCC(=O)OCC(=O)N2CCN(S(C)(=O)=O)CC2)cc1. The molecule has 1 aromatic rings. The third-order valence-electron chi connectivity index (χ3n) is 4.27. The molecule has 10 heteroatoms. The minimum Gasteiger partial charge on any atom is -0.497 e. The molecule has 1 aromatic carbocycles. The molecule has 1 fully saturated rings. The third-order valence-corrected chi connectivity index (χ3v) is 5.57. The van der Waals surface area contributed by atoms with E-state index in [2.05, 4.69) is 0 Å². The van der Waals surface area contributed by atoms with Crippen LogP contribution in [0.15, 0.2) is 24.3 Å². The summed E-state index contributed by atoms with van der Waals surface area (Å²) in [5.41, 5.74) is 0. The number of sulfonamides is 1. The zero-order valence-corrected chi connectivity index (χ0v) is 16.9. The molecule has 1 heterocycles. The highest BCUT2D eigenvalue weighted by Crippen LogP contribution is 2.17. The molecule has 0 N–H and O–H groups in total. The number of ether oxygens (including phenoxy) is 3. The van der Waals surface area contributed by atoms with Crippen LogP contribution in [-0.4, -0.2) is 82.3 Å². The highest BCUT2D eigenvalue weighted by Gasteiger charge is 2.26. The first-order valence-corrected chi connectivity index (χ1v) is 10.8. The second-order valence-electron chi connectivity index (χ2n) is 6.33. The summed E-state index contributed by atoms with van der Waals surface area (Å²) in [4.78, 5) is 25.3. The summed E-state index contributed by atoms with van der Waals surface area (Å²) < 4.78 is 39.8. The van der Waals surface area contributed by atoms with Crippen molar-refractivity contribution in [3.63, 3.8) is 0 Å². The van der Waals surface area contributed by atoms with Crippen LogP contribution in [0.2, 0.25) is 0 Å². The Labute approximate surface area is 165 Å². The average molecular weight is 414 g/mol. The van der Waals surface area contributed by atoms with E-state index in [1.54, 1.807) is 31.4 Å². The average Bonchev–Trinajstić information content (AvgIpc) is 2.69. The predicted octanol–water partition coefficient (Wildman–Crippen LogP) is 0.501. The summed E-state index contributed by atoms with van der Waals surface area (Å²) in [5, 5.41) is 0. The Morgan fingerprint density at radius 2 is 1.64 bits per heavy atom. The maximum atomic E-state index is 12.1. The fourth-order valence-electron chi connectivity index (χ4n) is 2.65. The van der Waals surface area contributed by atoms with E-state index in [4.69, 9.17) is 14.2 Å². The van der Waals surface area contributed by atoms with Gasteiger partial charge in [-0.25, -0.2) is 8.42 Å². The van der Waals surface area contributed by atoms with Gasteiger partial charge in [0.15, 0.2) is 6.61 Å². The minimum absolute atomic E-state index is 0.144. The van der Waals surface area contributed by atoms with Crippen molar-refractivity contribution in [3.8, 4) is 11.5 Å². The third kappa shape index (κ3) is 7.01. The van der Waals surface area contributed by atoms with E-state index >= 15 is 0 Å². The molecule has 2 rings (SSSR count). The minimum atomic E-state index is -3.25. The topological polar surface area (TPSA) is 102 Å². The number of esters is 1. The number of carbonyl (C=O) groups excluding carboxylic acids is 2. The number of hydrogen-bond acceptors (Lipinski definition) is 7. The quantitative estimate of drug-likeness (QED) is 0.428. The normalized spacial score (nSPS) is 15.1. The van der Waals surface area contributed by atoms with Gasteiger partial charge in [-0.1, -0.05) is 0 Å². The van der Waals surface area contributed by atoms with Gasteiger partial charge in [-0.05, 0) is 30.7 Å². The molecular weight excluding hydrogens is 388 g/mol. The first kappa shape index (κ1) is 22.0. The van der Waals surface area contributed by atoms with Crippen molar-refractivity contribution in [1.82, 2.24) is 9.21 Å². The highest BCUT2D eigenvalue weighted by atomic mass is 32.2. The highest BCUT2D eigenvalue weighted by molar-refractivity contribution is 7.88. The first-order valence-electron chi connectivity index (χ1n) is 8.95. The molecule has 28 heavy (non-hydrogen) atoms. The van der Waals surface area contributed by atoms with Crippen LogP contribution in [0.25, 0.3) is 0 Å². The fourth-order valence-corrected chi connectivity index (χ4v) is 3.48. The van der Waals surface area contributed by atoms with Crippen LogP contribution in [0.4, 0.5) is 0 Å². The van der Waals surface area contributed by atoms with Crippen molar-refractivity contribution in [2.45, 2.75) is 12.8 Å². The van der Waals surface area contributed by atoms with Crippen LogP contribution in [-0.2, 0) is 24.3 Å². The van der Waals surface area contributed by atoms with Crippen molar-refractivity contribution in [1.29, 1.82) is 0 Å². The van der Waals surface area contributed by atoms with Gasteiger partial charge in [0.05, 0.1) is 20.0 Å². The Hall–Kier alpha value is -2.33. The lowest BCUT2D eigenvalue weighted by Crippen LogP contribution is -2.51. The zero-order valence-electron chi connectivity index (χ0n) is 16.1. The van der Waals surface area contributed by atoms with Gasteiger partial charge in [-0.2, -0.15) is 4.31 Å². The van der Waals surface area contributed by atoms with Crippen molar-refractivity contribution < 1.29 is 32.2 Å². The molecule has 0 bridgehead atoms. The molecule has 0 aromatic heterocycles. The van der Waals surface area contributed by atoms with Crippen molar-refractivity contribution >= 4 is 21.9 Å². The molecule has 1 saturated heterocycles. The lowest BCUT2D eigenvalue weighted by atomic mass is 10.3. The Morgan fingerprint density at radius 3 is 2.21 bits per heavy atom. The van der Waals surface area contributed by atoms with Crippen molar-refractivity contribution in [2.24, 2.45) is 0 Å². The Morgan fingerprint density at radius 1 is 1.04 bits per heavy atom. The van der Waals surface area contributed by atoms with Gasteiger partial charge < -0.3 is 19.1 Å².